The molecule has 1 aromatic rings. The number of hydrogen-bond donors (Lipinski definition) is 0. The standard InChI is InChI=1S/C13H13FN2O2/c14-10-3-1-2-4-11(10)16-12(17)8-15(13(16)18)7-9-5-6-9/h1-4,9H,5-8H2. The molecule has 1 saturated carbocycles. The highest BCUT2D eigenvalue weighted by Gasteiger charge is 2.40. The monoisotopic (exact) mass is 248 g/mol. The van der Waals surface area contributed by atoms with Crippen LogP contribution in [0.4, 0.5) is 14.9 Å². The van der Waals surface area contributed by atoms with Gasteiger partial charge in [-0.2, -0.15) is 0 Å². The molecule has 1 aliphatic carbocycles. The number of para-hydroxylation sites is 1. The van der Waals surface area contributed by atoms with E-state index in [1.54, 1.807) is 6.07 Å². The van der Waals surface area contributed by atoms with Gasteiger partial charge in [-0.1, -0.05) is 12.1 Å². The first-order chi connectivity index (χ1) is 8.66. The van der Waals surface area contributed by atoms with Gasteiger partial charge in [0.15, 0.2) is 0 Å². The fourth-order valence-corrected chi connectivity index (χ4v) is 2.17. The molecule has 1 aliphatic heterocycles. The average molecular weight is 248 g/mol. The molecule has 3 amide bonds. The van der Waals surface area contributed by atoms with Gasteiger partial charge in [0, 0.05) is 6.54 Å². The SMILES string of the molecule is O=C1CN(CC2CC2)C(=O)N1c1ccccc1F. The third kappa shape index (κ3) is 1.85. The lowest BCUT2D eigenvalue weighted by Gasteiger charge is -2.17. The van der Waals surface area contributed by atoms with E-state index in [0.717, 1.165) is 17.7 Å². The zero-order valence-corrected chi connectivity index (χ0v) is 9.80. The van der Waals surface area contributed by atoms with Crippen molar-refractivity contribution in [2.45, 2.75) is 12.8 Å². The fraction of sp³-hybridized carbons (Fsp3) is 0.385. The molecule has 4 nitrogen and oxygen atoms in total. The predicted molar refractivity (Wildman–Crippen MR) is 63.6 cm³/mol. The molecule has 2 fully saturated rings. The lowest BCUT2D eigenvalue weighted by atomic mass is 10.3. The van der Waals surface area contributed by atoms with Gasteiger partial charge in [-0.05, 0) is 30.9 Å². The van der Waals surface area contributed by atoms with Crippen LogP contribution in [-0.4, -0.2) is 29.9 Å². The van der Waals surface area contributed by atoms with Crippen LogP contribution in [-0.2, 0) is 4.79 Å². The third-order valence-electron chi connectivity index (χ3n) is 3.31. The molecule has 1 saturated heterocycles. The number of anilines is 1. The molecule has 0 bridgehead atoms. The molecule has 0 spiro atoms. The van der Waals surface area contributed by atoms with Crippen LogP contribution in [0.3, 0.4) is 0 Å². The number of amides is 3. The maximum Gasteiger partial charge on any atom is 0.331 e. The zero-order valence-electron chi connectivity index (χ0n) is 9.80. The molecule has 3 rings (SSSR count). The van der Waals surface area contributed by atoms with Crippen molar-refractivity contribution in [1.82, 2.24) is 4.90 Å². The van der Waals surface area contributed by atoms with Crippen molar-refractivity contribution in [1.29, 1.82) is 0 Å². The molecular weight excluding hydrogens is 235 g/mol. The summed E-state index contributed by atoms with van der Waals surface area (Å²) in [4.78, 5) is 26.4. The van der Waals surface area contributed by atoms with Gasteiger partial charge in [0.25, 0.3) is 5.91 Å². The largest absolute Gasteiger partial charge is 0.331 e. The van der Waals surface area contributed by atoms with Crippen LogP contribution in [0.15, 0.2) is 24.3 Å². The van der Waals surface area contributed by atoms with Gasteiger partial charge in [-0.15, -0.1) is 0 Å². The second-order valence-electron chi connectivity index (χ2n) is 4.79. The maximum atomic E-state index is 13.6. The van der Waals surface area contributed by atoms with E-state index in [1.165, 1.54) is 23.1 Å². The molecule has 5 heteroatoms. The van der Waals surface area contributed by atoms with Crippen LogP contribution in [0.2, 0.25) is 0 Å². The summed E-state index contributed by atoms with van der Waals surface area (Å²) in [6.07, 6.45) is 2.22. The molecule has 0 aromatic heterocycles. The summed E-state index contributed by atoms with van der Waals surface area (Å²) in [5.41, 5.74) is 0.0470. The highest BCUT2D eigenvalue weighted by atomic mass is 19.1. The normalized spacial score (nSPS) is 19.8. The van der Waals surface area contributed by atoms with Crippen molar-refractivity contribution in [3.05, 3.63) is 30.1 Å². The number of rotatable bonds is 3. The van der Waals surface area contributed by atoms with Gasteiger partial charge in [-0.3, -0.25) is 4.79 Å². The molecule has 0 unspecified atom stereocenters. The maximum absolute atomic E-state index is 13.6. The number of benzene rings is 1. The Balaban J connectivity index is 1.86. The van der Waals surface area contributed by atoms with Gasteiger partial charge >= 0.3 is 6.03 Å². The van der Waals surface area contributed by atoms with Gasteiger partial charge in [0.05, 0.1) is 5.69 Å². The molecular formula is C13H13FN2O2. The van der Waals surface area contributed by atoms with E-state index in [9.17, 15) is 14.0 Å². The summed E-state index contributed by atoms with van der Waals surface area (Å²) in [7, 11) is 0. The number of halogens is 1. The highest BCUT2D eigenvalue weighted by molar-refractivity contribution is 6.19. The summed E-state index contributed by atoms with van der Waals surface area (Å²) in [6.45, 7) is 0.666. The number of carbonyl (C=O) groups is 2. The van der Waals surface area contributed by atoms with Crippen molar-refractivity contribution in [2.75, 3.05) is 18.0 Å². The smallest absolute Gasteiger partial charge is 0.314 e. The molecule has 0 N–H and O–H groups in total. The van der Waals surface area contributed by atoms with Crippen LogP contribution >= 0.6 is 0 Å². The van der Waals surface area contributed by atoms with Crippen LogP contribution in [0.25, 0.3) is 0 Å². The summed E-state index contributed by atoms with van der Waals surface area (Å²) < 4.78 is 13.6. The number of imide groups is 1. The number of hydrogen-bond acceptors (Lipinski definition) is 2. The second-order valence-corrected chi connectivity index (χ2v) is 4.79. The van der Waals surface area contributed by atoms with Crippen molar-refractivity contribution >= 4 is 17.6 Å². The van der Waals surface area contributed by atoms with Crippen LogP contribution < -0.4 is 4.90 Å². The van der Waals surface area contributed by atoms with E-state index in [4.69, 9.17) is 0 Å². The minimum absolute atomic E-state index is 0.0470. The van der Waals surface area contributed by atoms with Crippen LogP contribution in [0.1, 0.15) is 12.8 Å². The minimum Gasteiger partial charge on any atom is -0.314 e. The Morgan fingerprint density at radius 2 is 1.94 bits per heavy atom. The third-order valence-corrected chi connectivity index (χ3v) is 3.31. The summed E-state index contributed by atoms with van der Waals surface area (Å²) >= 11 is 0. The first-order valence-corrected chi connectivity index (χ1v) is 6.03. The first-order valence-electron chi connectivity index (χ1n) is 6.03. The van der Waals surface area contributed by atoms with Gasteiger partial charge in [-0.25, -0.2) is 14.1 Å². The first kappa shape index (κ1) is 11.2. The predicted octanol–water partition coefficient (Wildman–Crippen LogP) is 2.00. The van der Waals surface area contributed by atoms with Crippen molar-refractivity contribution < 1.29 is 14.0 Å². The van der Waals surface area contributed by atoms with E-state index >= 15 is 0 Å². The summed E-state index contributed by atoms with van der Waals surface area (Å²) in [6, 6.07) is 5.44. The van der Waals surface area contributed by atoms with Gasteiger partial charge < -0.3 is 4.90 Å². The van der Waals surface area contributed by atoms with E-state index in [0.29, 0.717) is 12.5 Å². The fourth-order valence-electron chi connectivity index (χ4n) is 2.17. The number of carbonyl (C=O) groups excluding carboxylic acids is 2. The molecule has 0 radical (unpaired) electrons. The Morgan fingerprint density at radius 3 is 2.61 bits per heavy atom. The van der Waals surface area contributed by atoms with Crippen LogP contribution in [0, 0.1) is 11.7 Å². The zero-order chi connectivity index (χ0) is 12.7. The topological polar surface area (TPSA) is 40.6 Å². The molecule has 2 aliphatic rings. The highest BCUT2D eigenvalue weighted by Crippen LogP contribution is 2.32. The minimum atomic E-state index is -0.549. The Kier molecular flexibility index (Phi) is 2.54. The number of urea groups is 1. The van der Waals surface area contributed by atoms with E-state index in [-0.39, 0.29) is 18.1 Å². The number of nitrogens with zero attached hydrogens (tertiary/aromatic N) is 2. The molecule has 0 atom stereocenters. The van der Waals surface area contributed by atoms with Gasteiger partial charge in [0.2, 0.25) is 0 Å². The lowest BCUT2D eigenvalue weighted by Crippen LogP contribution is -2.34. The van der Waals surface area contributed by atoms with Crippen molar-refractivity contribution in [3.8, 4) is 0 Å². The molecule has 18 heavy (non-hydrogen) atoms. The molecule has 1 aromatic carbocycles. The van der Waals surface area contributed by atoms with E-state index in [1.807, 2.05) is 0 Å². The van der Waals surface area contributed by atoms with Crippen molar-refractivity contribution in [2.24, 2.45) is 5.92 Å². The average Bonchev–Trinajstić information content (AvgIpc) is 3.10. The Hall–Kier alpha value is -1.91. The molecule has 94 valence electrons. The van der Waals surface area contributed by atoms with Gasteiger partial charge in [0.1, 0.15) is 12.4 Å². The Labute approximate surface area is 104 Å². The van der Waals surface area contributed by atoms with Crippen LogP contribution in [0.5, 0.6) is 0 Å². The second kappa shape index (κ2) is 4.08. The Morgan fingerprint density at radius 1 is 1.22 bits per heavy atom. The van der Waals surface area contributed by atoms with E-state index < -0.39 is 11.8 Å². The lowest BCUT2D eigenvalue weighted by molar-refractivity contribution is -0.116. The van der Waals surface area contributed by atoms with E-state index in [2.05, 4.69) is 0 Å². The summed E-state index contributed by atoms with van der Waals surface area (Å²) in [5.74, 6) is -0.388. The van der Waals surface area contributed by atoms with Crippen molar-refractivity contribution in [3.63, 3.8) is 0 Å². The Bertz CT molecular complexity index is 513. The molecule has 1 heterocycles. The summed E-state index contributed by atoms with van der Waals surface area (Å²) in [5, 5.41) is 0. The quantitative estimate of drug-likeness (QED) is 0.768.